The second-order valence-corrected chi connectivity index (χ2v) is 7.32. The fraction of sp³-hybridized carbons (Fsp3) is 0. The van der Waals surface area contributed by atoms with E-state index in [4.69, 9.17) is 28.2 Å². The number of imidazole rings is 1. The lowest BCUT2D eigenvalue weighted by molar-refractivity contribution is 1.34. The molecule has 5 aromatic rings. The molecule has 27 heavy (non-hydrogen) atoms. The van der Waals surface area contributed by atoms with Gasteiger partial charge in [-0.2, -0.15) is 0 Å². The van der Waals surface area contributed by atoms with E-state index in [1.54, 1.807) is 0 Å². The highest BCUT2D eigenvalue weighted by molar-refractivity contribution is 6.35. The first-order chi connectivity index (χ1) is 13.2. The Balaban J connectivity index is 1.77. The number of rotatable bonds is 2. The Kier molecular flexibility index (Phi) is 3.89. The van der Waals surface area contributed by atoms with E-state index in [1.165, 1.54) is 0 Å². The normalized spacial score (nSPS) is 11.3. The minimum Gasteiger partial charge on any atom is -0.338 e. The van der Waals surface area contributed by atoms with E-state index >= 15 is 0 Å². The van der Waals surface area contributed by atoms with Crippen molar-refractivity contribution >= 4 is 45.0 Å². The predicted octanol–water partition coefficient (Wildman–Crippen LogP) is 7.36. The zero-order valence-electron chi connectivity index (χ0n) is 14.2. The van der Waals surface area contributed by atoms with E-state index in [-0.39, 0.29) is 0 Å². The van der Waals surface area contributed by atoms with Crippen LogP contribution in [0.4, 0.5) is 0 Å². The molecule has 5 rings (SSSR count). The first kappa shape index (κ1) is 16.4. The highest BCUT2D eigenvalue weighted by Crippen LogP contribution is 2.39. The molecule has 0 saturated heterocycles. The molecular weight excluding hydrogens is 375 g/mol. The number of halogens is 2. The number of nitrogens with one attached hydrogen (secondary N) is 1. The number of aromatic amines is 1. The van der Waals surface area contributed by atoms with Crippen molar-refractivity contribution in [1.29, 1.82) is 0 Å². The highest BCUT2D eigenvalue weighted by atomic mass is 35.5. The van der Waals surface area contributed by atoms with Gasteiger partial charge in [0.05, 0.1) is 11.0 Å². The number of H-pyrrole nitrogens is 1. The lowest BCUT2D eigenvalue weighted by Crippen LogP contribution is -1.89. The molecule has 1 heterocycles. The summed E-state index contributed by atoms with van der Waals surface area (Å²) in [7, 11) is 0. The number of hydrogen-bond acceptors (Lipinski definition) is 1. The second-order valence-electron chi connectivity index (χ2n) is 6.47. The van der Waals surface area contributed by atoms with E-state index in [1.807, 2.05) is 60.7 Å². The van der Waals surface area contributed by atoms with E-state index in [9.17, 15) is 0 Å². The molecule has 0 saturated carbocycles. The Morgan fingerprint density at radius 2 is 1.41 bits per heavy atom. The summed E-state index contributed by atoms with van der Waals surface area (Å²) in [6.07, 6.45) is 0. The molecule has 4 aromatic carbocycles. The number of hydrogen-bond donors (Lipinski definition) is 1. The van der Waals surface area contributed by atoms with Gasteiger partial charge in [0.15, 0.2) is 0 Å². The van der Waals surface area contributed by atoms with Crippen LogP contribution < -0.4 is 0 Å². The predicted molar refractivity (Wildman–Crippen MR) is 114 cm³/mol. The van der Waals surface area contributed by atoms with Gasteiger partial charge in [-0.25, -0.2) is 4.98 Å². The first-order valence-corrected chi connectivity index (χ1v) is 9.38. The summed E-state index contributed by atoms with van der Waals surface area (Å²) in [6.45, 7) is 0. The fourth-order valence-corrected chi connectivity index (χ4v) is 3.89. The molecule has 0 aliphatic rings. The molecule has 0 atom stereocenters. The topological polar surface area (TPSA) is 28.7 Å². The van der Waals surface area contributed by atoms with Crippen molar-refractivity contribution in [3.05, 3.63) is 88.9 Å². The number of fused-ring (bicyclic) bond motifs is 2. The number of nitrogens with zero attached hydrogens (tertiary/aromatic N) is 1. The Morgan fingerprint density at radius 3 is 2.22 bits per heavy atom. The average molecular weight is 389 g/mol. The first-order valence-electron chi connectivity index (χ1n) is 8.62. The number of aromatic nitrogens is 2. The SMILES string of the molecule is Clc1ccc(-c2nc3ccccc3[nH]2)c(-c2cc3ccccc3cc2Cl)c1. The number of para-hydroxylation sites is 2. The van der Waals surface area contributed by atoms with E-state index in [0.29, 0.717) is 10.0 Å². The van der Waals surface area contributed by atoms with Crippen molar-refractivity contribution in [2.45, 2.75) is 0 Å². The molecule has 1 aromatic heterocycles. The number of benzene rings is 4. The zero-order valence-corrected chi connectivity index (χ0v) is 15.7. The Labute approximate surface area is 166 Å². The molecule has 0 unspecified atom stereocenters. The molecule has 0 bridgehead atoms. The molecule has 0 amide bonds. The summed E-state index contributed by atoms with van der Waals surface area (Å²) >= 11 is 13.0. The summed E-state index contributed by atoms with van der Waals surface area (Å²) in [6, 6.07) is 26.1. The third-order valence-electron chi connectivity index (χ3n) is 4.75. The van der Waals surface area contributed by atoms with Crippen molar-refractivity contribution in [2.24, 2.45) is 0 Å². The van der Waals surface area contributed by atoms with E-state index < -0.39 is 0 Å². The summed E-state index contributed by atoms with van der Waals surface area (Å²) in [5, 5.41) is 3.59. The summed E-state index contributed by atoms with van der Waals surface area (Å²) in [5.74, 6) is 0.798. The lowest BCUT2D eigenvalue weighted by Gasteiger charge is -2.12. The standard InChI is InChI=1S/C23H14Cl2N2/c24-16-9-10-17(23-26-21-7-3-4-8-22(21)27-23)18(13-16)19-11-14-5-1-2-6-15(14)12-20(19)25/h1-13H,(H,26,27). The smallest absolute Gasteiger partial charge is 0.139 e. The van der Waals surface area contributed by atoms with Crippen LogP contribution in [0.5, 0.6) is 0 Å². The van der Waals surface area contributed by atoms with Crippen LogP contribution in [0.3, 0.4) is 0 Å². The van der Waals surface area contributed by atoms with Crippen LogP contribution in [0.1, 0.15) is 0 Å². The van der Waals surface area contributed by atoms with Crippen molar-refractivity contribution in [2.75, 3.05) is 0 Å². The highest BCUT2D eigenvalue weighted by Gasteiger charge is 2.15. The summed E-state index contributed by atoms with van der Waals surface area (Å²) in [4.78, 5) is 8.15. The van der Waals surface area contributed by atoms with Crippen LogP contribution >= 0.6 is 23.2 Å². The maximum atomic E-state index is 6.65. The molecular formula is C23H14Cl2N2. The van der Waals surface area contributed by atoms with Gasteiger partial charge in [-0.05, 0) is 58.8 Å². The summed E-state index contributed by atoms with van der Waals surface area (Å²) < 4.78 is 0. The van der Waals surface area contributed by atoms with Crippen LogP contribution in [0.2, 0.25) is 10.0 Å². The molecule has 0 aliphatic heterocycles. The van der Waals surface area contributed by atoms with Crippen molar-refractivity contribution in [3.63, 3.8) is 0 Å². The molecule has 1 N–H and O–H groups in total. The zero-order chi connectivity index (χ0) is 18.4. The fourth-order valence-electron chi connectivity index (χ4n) is 3.45. The van der Waals surface area contributed by atoms with Crippen LogP contribution in [-0.2, 0) is 0 Å². The monoisotopic (exact) mass is 388 g/mol. The maximum Gasteiger partial charge on any atom is 0.139 e. The van der Waals surface area contributed by atoms with Gasteiger partial charge in [-0.15, -0.1) is 0 Å². The van der Waals surface area contributed by atoms with Gasteiger partial charge in [0.25, 0.3) is 0 Å². The Bertz CT molecular complexity index is 1270. The van der Waals surface area contributed by atoms with E-state index in [0.717, 1.165) is 44.3 Å². The van der Waals surface area contributed by atoms with Crippen molar-refractivity contribution < 1.29 is 0 Å². The van der Waals surface area contributed by atoms with Gasteiger partial charge in [-0.3, -0.25) is 0 Å². The quantitative estimate of drug-likeness (QED) is 0.336. The van der Waals surface area contributed by atoms with Crippen LogP contribution in [0.15, 0.2) is 78.9 Å². The van der Waals surface area contributed by atoms with Gasteiger partial charge >= 0.3 is 0 Å². The van der Waals surface area contributed by atoms with Gasteiger partial charge < -0.3 is 4.98 Å². The molecule has 0 radical (unpaired) electrons. The lowest BCUT2D eigenvalue weighted by atomic mass is 9.96. The van der Waals surface area contributed by atoms with Crippen LogP contribution in [-0.4, -0.2) is 9.97 Å². The van der Waals surface area contributed by atoms with Crippen LogP contribution in [0, 0.1) is 0 Å². The maximum absolute atomic E-state index is 6.65. The largest absolute Gasteiger partial charge is 0.338 e. The van der Waals surface area contributed by atoms with Gasteiger partial charge in [0, 0.05) is 21.2 Å². The van der Waals surface area contributed by atoms with Gasteiger partial charge in [0.1, 0.15) is 5.82 Å². The summed E-state index contributed by atoms with van der Waals surface area (Å²) in [5.41, 5.74) is 4.79. The third-order valence-corrected chi connectivity index (χ3v) is 5.30. The van der Waals surface area contributed by atoms with Gasteiger partial charge in [0.2, 0.25) is 0 Å². The van der Waals surface area contributed by atoms with Crippen molar-refractivity contribution in [3.8, 4) is 22.5 Å². The molecule has 0 spiro atoms. The minimum absolute atomic E-state index is 0.661. The van der Waals surface area contributed by atoms with Crippen LogP contribution in [0.25, 0.3) is 44.3 Å². The molecule has 0 aliphatic carbocycles. The molecule has 130 valence electrons. The minimum atomic E-state index is 0.661. The average Bonchev–Trinajstić information content (AvgIpc) is 3.11. The Hall–Kier alpha value is -2.81. The Morgan fingerprint density at radius 1 is 0.667 bits per heavy atom. The second kappa shape index (κ2) is 6.41. The third kappa shape index (κ3) is 2.87. The molecule has 2 nitrogen and oxygen atoms in total. The van der Waals surface area contributed by atoms with Crippen molar-refractivity contribution in [1.82, 2.24) is 9.97 Å². The van der Waals surface area contributed by atoms with E-state index in [2.05, 4.69) is 23.2 Å². The molecule has 0 fully saturated rings. The van der Waals surface area contributed by atoms with Gasteiger partial charge in [-0.1, -0.05) is 59.6 Å². The molecule has 4 heteroatoms.